The minimum absolute atomic E-state index is 0.106. The van der Waals surface area contributed by atoms with Crippen LogP contribution in [0.1, 0.15) is 23.8 Å². The summed E-state index contributed by atoms with van der Waals surface area (Å²) >= 11 is 0. The standard InChI is InChI=1S/C18H18FN5O2/c1-3-7-21-18(25)17-15(20)10-4-5-12(19)14(11(10)9-22-17)16-13(26-2)6-8-23-24-16/h4-6,8-9H,3,7,20H2,1-2H3,(H,21,25). The Morgan fingerprint density at radius 3 is 2.85 bits per heavy atom. The van der Waals surface area contributed by atoms with E-state index in [4.69, 9.17) is 10.5 Å². The number of nitrogen functional groups attached to an aromatic ring is 1. The summed E-state index contributed by atoms with van der Waals surface area (Å²) in [6.07, 6.45) is 3.66. The zero-order valence-corrected chi connectivity index (χ0v) is 14.4. The van der Waals surface area contributed by atoms with Gasteiger partial charge in [-0.15, -0.1) is 5.10 Å². The smallest absolute Gasteiger partial charge is 0.272 e. The number of amides is 1. The molecular formula is C18H18FN5O2. The van der Waals surface area contributed by atoms with Gasteiger partial charge in [0.15, 0.2) is 5.69 Å². The van der Waals surface area contributed by atoms with Gasteiger partial charge in [0, 0.05) is 29.6 Å². The molecule has 3 N–H and O–H groups in total. The predicted molar refractivity (Wildman–Crippen MR) is 96.3 cm³/mol. The van der Waals surface area contributed by atoms with Crippen molar-refractivity contribution >= 4 is 22.4 Å². The first-order chi connectivity index (χ1) is 12.6. The number of anilines is 1. The van der Waals surface area contributed by atoms with E-state index in [-0.39, 0.29) is 28.5 Å². The molecular weight excluding hydrogens is 337 g/mol. The number of carbonyl (C=O) groups is 1. The van der Waals surface area contributed by atoms with E-state index in [2.05, 4.69) is 20.5 Å². The van der Waals surface area contributed by atoms with Gasteiger partial charge in [-0.25, -0.2) is 9.37 Å². The Kier molecular flexibility index (Phi) is 4.92. The third kappa shape index (κ3) is 3.01. The molecule has 0 saturated carbocycles. The molecule has 7 nitrogen and oxygen atoms in total. The van der Waals surface area contributed by atoms with Gasteiger partial charge < -0.3 is 15.8 Å². The molecule has 0 fully saturated rings. The van der Waals surface area contributed by atoms with Crippen LogP contribution in [0.2, 0.25) is 0 Å². The van der Waals surface area contributed by atoms with Gasteiger partial charge >= 0.3 is 0 Å². The van der Waals surface area contributed by atoms with E-state index in [1.807, 2.05) is 6.92 Å². The minimum Gasteiger partial charge on any atom is -0.494 e. The zero-order chi connectivity index (χ0) is 18.7. The molecule has 26 heavy (non-hydrogen) atoms. The van der Waals surface area contributed by atoms with E-state index in [0.29, 0.717) is 23.1 Å². The van der Waals surface area contributed by atoms with Crippen LogP contribution in [-0.4, -0.2) is 34.7 Å². The Balaban J connectivity index is 2.22. The molecule has 1 amide bonds. The number of benzene rings is 1. The van der Waals surface area contributed by atoms with Gasteiger partial charge in [-0.3, -0.25) is 4.79 Å². The van der Waals surface area contributed by atoms with E-state index < -0.39 is 5.82 Å². The number of halogens is 1. The lowest BCUT2D eigenvalue weighted by Gasteiger charge is -2.13. The summed E-state index contributed by atoms with van der Waals surface area (Å²) in [6.45, 7) is 2.46. The summed E-state index contributed by atoms with van der Waals surface area (Å²) in [5, 5.41) is 11.5. The number of methoxy groups -OCH3 is 1. The maximum atomic E-state index is 14.6. The molecule has 3 aromatic rings. The number of ether oxygens (including phenoxy) is 1. The van der Waals surface area contributed by atoms with E-state index in [1.54, 1.807) is 6.07 Å². The van der Waals surface area contributed by atoms with Crippen LogP contribution < -0.4 is 15.8 Å². The zero-order valence-electron chi connectivity index (χ0n) is 14.4. The van der Waals surface area contributed by atoms with Gasteiger partial charge in [-0.1, -0.05) is 6.92 Å². The van der Waals surface area contributed by atoms with Gasteiger partial charge in [0.2, 0.25) is 0 Å². The fraction of sp³-hybridized carbons (Fsp3) is 0.222. The van der Waals surface area contributed by atoms with Crippen molar-refractivity contribution in [1.82, 2.24) is 20.5 Å². The van der Waals surface area contributed by atoms with Gasteiger partial charge in [0.1, 0.15) is 17.3 Å². The Bertz CT molecular complexity index is 977. The number of nitrogens with two attached hydrogens (primary N) is 1. The van der Waals surface area contributed by atoms with E-state index in [1.165, 1.54) is 31.6 Å². The van der Waals surface area contributed by atoms with Crippen LogP contribution in [0.4, 0.5) is 10.1 Å². The number of carbonyl (C=O) groups excluding carboxylic acids is 1. The molecule has 0 aliphatic carbocycles. The van der Waals surface area contributed by atoms with Crippen LogP contribution in [0.5, 0.6) is 5.75 Å². The van der Waals surface area contributed by atoms with E-state index in [9.17, 15) is 9.18 Å². The van der Waals surface area contributed by atoms with Crippen LogP contribution in [0.15, 0.2) is 30.6 Å². The maximum Gasteiger partial charge on any atom is 0.272 e. The summed E-state index contributed by atoms with van der Waals surface area (Å²) in [5.74, 6) is -0.510. The fourth-order valence-corrected chi connectivity index (χ4v) is 2.69. The highest BCUT2D eigenvalue weighted by atomic mass is 19.1. The molecule has 0 radical (unpaired) electrons. The molecule has 0 aliphatic heterocycles. The van der Waals surface area contributed by atoms with Crippen molar-refractivity contribution in [3.8, 4) is 17.0 Å². The quantitative estimate of drug-likeness (QED) is 0.729. The summed E-state index contributed by atoms with van der Waals surface area (Å²) in [5.41, 5.74) is 6.84. The van der Waals surface area contributed by atoms with Crippen molar-refractivity contribution < 1.29 is 13.9 Å². The molecule has 0 unspecified atom stereocenters. The summed E-state index contributed by atoms with van der Waals surface area (Å²) < 4.78 is 19.9. The predicted octanol–water partition coefficient (Wildman–Crippen LogP) is 2.56. The Labute approximate surface area is 149 Å². The molecule has 8 heteroatoms. The van der Waals surface area contributed by atoms with Crippen molar-refractivity contribution in [3.63, 3.8) is 0 Å². The largest absolute Gasteiger partial charge is 0.494 e. The maximum absolute atomic E-state index is 14.6. The van der Waals surface area contributed by atoms with E-state index in [0.717, 1.165) is 6.42 Å². The highest BCUT2D eigenvalue weighted by Crippen LogP contribution is 2.36. The van der Waals surface area contributed by atoms with Crippen molar-refractivity contribution in [1.29, 1.82) is 0 Å². The lowest BCUT2D eigenvalue weighted by Crippen LogP contribution is -2.26. The van der Waals surface area contributed by atoms with Gasteiger partial charge in [0.05, 0.1) is 24.6 Å². The monoisotopic (exact) mass is 355 g/mol. The lowest BCUT2D eigenvalue weighted by molar-refractivity contribution is 0.0950. The highest BCUT2D eigenvalue weighted by Gasteiger charge is 2.20. The second-order valence-electron chi connectivity index (χ2n) is 5.61. The van der Waals surface area contributed by atoms with Crippen molar-refractivity contribution in [2.45, 2.75) is 13.3 Å². The van der Waals surface area contributed by atoms with E-state index >= 15 is 0 Å². The topological polar surface area (TPSA) is 103 Å². The van der Waals surface area contributed by atoms with Gasteiger partial charge in [-0.2, -0.15) is 5.10 Å². The van der Waals surface area contributed by atoms with Gasteiger partial charge in [0.25, 0.3) is 5.91 Å². The third-order valence-corrected chi connectivity index (χ3v) is 3.95. The summed E-state index contributed by atoms with van der Waals surface area (Å²) in [4.78, 5) is 16.4. The molecule has 0 atom stereocenters. The van der Waals surface area contributed by atoms with Crippen LogP contribution in [0, 0.1) is 5.82 Å². The molecule has 0 saturated heterocycles. The SMILES string of the molecule is CCCNC(=O)c1ncc2c(-c3nnccc3OC)c(F)ccc2c1N. The molecule has 2 aromatic heterocycles. The average Bonchev–Trinajstić information content (AvgIpc) is 2.66. The van der Waals surface area contributed by atoms with Crippen LogP contribution >= 0.6 is 0 Å². The molecule has 0 spiro atoms. The number of pyridine rings is 1. The molecule has 0 aliphatic rings. The normalized spacial score (nSPS) is 10.7. The third-order valence-electron chi connectivity index (χ3n) is 3.95. The Morgan fingerprint density at radius 2 is 2.12 bits per heavy atom. The minimum atomic E-state index is -0.513. The molecule has 2 heterocycles. The number of nitrogens with zero attached hydrogens (tertiary/aromatic N) is 3. The first-order valence-corrected chi connectivity index (χ1v) is 8.09. The van der Waals surface area contributed by atoms with Crippen molar-refractivity contribution in [2.75, 3.05) is 19.4 Å². The van der Waals surface area contributed by atoms with Crippen LogP contribution in [0.25, 0.3) is 22.0 Å². The summed E-state index contributed by atoms with van der Waals surface area (Å²) in [6, 6.07) is 4.38. The second kappa shape index (κ2) is 7.30. The summed E-state index contributed by atoms with van der Waals surface area (Å²) in [7, 11) is 1.46. The molecule has 0 bridgehead atoms. The Morgan fingerprint density at radius 1 is 1.31 bits per heavy atom. The lowest BCUT2D eigenvalue weighted by atomic mass is 10.0. The van der Waals surface area contributed by atoms with Crippen LogP contribution in [-0.2, 0) is 0 Å². The molecule has 134 valence electrons. The highest BCUT2D eigenvalue weighted by molar-refractivity contribution is 6.09. The number of nitrogens with one attached hydrogen (secondary N) is 1. The molecule has 3 rings (SSSR count). The number of aromatic nitrogens is 3. The second-order valence-corrected chi connectivity index (χ2v) is 5.61. The number of hydrogen-bond donors (Lipinski definition) is 2. The average molecular weight is 355 g/mol. The van der Waals surface area contributed by atoms with Crippen molar-refractivity contribution in [3.05, 3.63) is 42.1 Å². The number of hydrogen-bond acceptors (Lipinski definition) is 6. The van der Waals surface area contributed by atoms with Crippen LogP contribution in [0.3, 0.4) is 0 Å². The first kappa shape index (κ1) is 17.5. The van der Waals surface area contributed by atoms with Crippen molar-refractivity contribution in [2.24, 2.45) is 0 Å². The number of fused-ring (bicyclic) bond motifs is 1. The first-order valence-electron chi connectivity index (χ1n) is 8.09. The number of rotatable bonds is 5. The Hall–Kier alpha value is -3.29. The molecule has 1 aromatic carbocycles. The van der Waals surface area contributed by atoms with Gasteiger partial charge in [-0.05, 0) is 18.6 Å². The fourth-order valence-electron chi connectivity index (χ4n) is 2.69.